The van der Waals surface area contributed by atoms with Crippen molar-refractivity contribution in [3.05, 3.63) is 76.7 Å². The highest BCUT2D eigenvalue weighted by Gasteiger charge is 2.49. The fourth-order valence-electron chi connectivity index (χ4n) is 3.06. The Morgan fingerprint density at radius 3 is 2.65 bits per heavy atom. The molecule has 2 heteroatoms. The first kappa shape index (κ1) is 12.0. The average Bonchev–Trinajstić information content (AvgIpc) is 2.95. The van der Waals surface area contributed by atoms with E-state index >= 15 is 0 Å². The number of hydrogen-bond donors (Lipinski definition) is 1. The number of aliphatic hydroxyl groups is 1. The molecule has 100 valence electrons. The Hall–Kier alpha value is -1.80. The second kappa shape index (κ2) is 4.10. The van der Waals surface area contributed by atoms with Crippen LogP contribution >= 0.6 is 0 Å². The van der Waals surface area contributed by atoms with E-state index in [2.05, 4.69) is 32.0 Å². The third-order valence-corrected chi connectivity index (χ3v) is 4.19. The Balaban J connectivity index is 1.81. The highest BCUT2D eigenvalue weighted by molar-refractivity contribution is 5.68. The van der Waals surface area contributed by atoms with Crippen molar-refractivity contribution in [1.82, 2.24) is 0 Å². The van der Waals surface area contributed by atoms with E-state index in [9.17, 15) is 5.11 Å². The van der Waals surface area contributed by atoms with Crippen molar-refractivity contribution >= 4 is 0 Å². The van der Waals surface area contributed by atoms with Gasteiger partial charge in [-0.15, -0.1) is 0 Å². The lowest BCUT2D eigenvalue weighted by Gasteiger charge is -2.12. The zero-order valence-electron chi connectivity index (χ0n) is 11.6. The standard InChI is InChI=1S/C18H16O2/c1-10(2)11-7-8-14-15(9-11)20-18-13-6-4-3-5-12(13)17(19)16(14)18/h3-10,17,19H,1-2H3. The molecule has 1 unspecified atom stereocenters. The van der Waals surface area contributed by atoms with Gasteiger partial charge in [-0.25, -0.2) is 0 Å². The summed E-state index contributed by atoms with van der Waals surface area (Å²) in [4.78, 5) is 0. The number of hydrogen-bond acceptors (Lipinski definition) is 2. The molecule has 2 aliphatic rings. The third-order valence-electron chi connectivity index (χ3n) is 4.19. The Bertz CT molecular complexity index is 675. The number of rotatable bonds is 1. The number of benzene rings is 2. The van der Waals surface area contributed by atoms with Crippen molar-refractivity contribution in [1.29, 1.82) is 0 Å². The van der Waals surface area contributed by atoms with Crippen LogP contribution in [-0.2, 0) is 0 Å². The minimum atomic E-state index is -0.577. The van der Waals surface area contributed by atoms with E-state index in [1.54, 1.807) is 0 Å². The molecule has 1 atom stereocenters. The normalized spacial score (nSPS) is 20.7. The zero-order valence-corrected chi connectivity index (χ0v) is 11.6. The Morgan fingerprint density at radius 1 is 1.05 bits per heavy atom. The fourth-order valence-corrected chi connectivity index (χ4v) is 3.06. The maximum Gasteiger partial charge on any atom is 0.193 e. The van der Waals surface area contributed by atoms with Crippen LogP contribution in [0.3, 0.4) is 0 Å². The van der Waals surface area contributed by atoms with Crippen molar-refractivity contribution in [2.24, 2.45) is 0 Å². The lowest BCUT2D eigenvalue weighted by atomic mass is 9.92. The monoisotopic (exact) mass is 264 g/mol. The molecule has 20 heavy (non-hydrogen) atoms. The smallest absolute Gasteiger partial charge is 0.193 e. The number of fused-ring (bicyclic) bond motifs is 5. The maximum absolute atomic E-state index is 10.5. The SMILES string of the molecule is CC(C)c1ccc2c(c1)O[C]1[C]2C(O)c2ccccc21. The number of aliphatic hydroxyl groups excluding tert-OH is 1. The molecule has 1 heterocycles. The predicted molar refractivity (Wildman–Crippen MR) is 77.3 cm³/mol. The van der Waals surface area contributed by atoms with Gasteiger partial charge in [0.1, 0.15) is 5.75 Å². The molecule has 1 aliphatic carbocycles. The topological polar surface area (TPSA) is 29.5 Å². The third kappa shape index (κ3) is 1.49. The summed E-state index contributed by atoms with van der Waals surface area (Å²) in [6, 6.07) is 14.2. The van der Waals surface area contributed by atoms with Crippen LogP contribution < -0.4 is 4.74 Å². The van der Waals surface area contributed by atoms with Gasteiger partial charge in [0.15, 0.2) is 6.10 Å². The summed E-state index contributed by atoms with van der Waals surface area (Å²) in [5.74, 6) is 2.25. The summed E-state index contributed by atoms with van der Waals surface area (Å²) in [5, 5.41) is 10.5. The number of ether oxygens (including phenoxy) is 1. The van der Waals surface area contributed by atoms with Gasteiger partial charge < -0.3 is 9.84 Å². The van der Waals surface area contributed by atoms with E-state index in [1.165, 1.54) is 5.56 Å². The van der Waals surface area contributed by atoms with Gasteiger partial charge in [-0.3, -0.25) is 0 Å². The van der Waals surface area contributed by atoms with Gasteiger partial charge in [0.05, 0.1) is 12.0 Å². The van der Waals surface area contributed by atoms with E-state index in [1.807, 2.05) is 24.3 Å². The van der Waals surface area contributed by atoms with Crippen molar-refractivity contribution in [2.45, 2.75) is 25.9 Å². The molecule has 0 saturated carbocycles. The zero-order chi connectivity index (χ0) is 13.9. The fraction of sp³-hybridized carbons (Fsp3) is 0.222. The Labute approximate surface area is 119 Å². The van der Waals surface area contributed by atoms with Crippen molar-refractivity contribution in [3.63, 3.8) is 0 Å². The average molecular weight is 264 g/mol. The highest BCUT2D eigenvalue weighted by Crippen LogP contribution is 2.56. The maximum atomic E-state index is 10.5. The minimum Gasteiger partial charge on any atom is -0.476 e. The molecular formula is C18H16O2. The summed E-state index contributed by atoms with van der Waals surface area (Å²) in [5.41, 5.74) is 4.23. The summed E-state index contributed by atoms with van der Waals surface area (Å²) < 4.78 is 6.04. The van der Waals surface area contributed by atoms with Crippen LogP contribution in [0.1, 0.15) is 48.1 Å². The van der Waals surface area contributed by atoms with Crippen LogP contribution in [0.4, 0.5) is 0 Å². The second-order valence-corrected chi connectivity index (χ2v) is 5.74. The first-order valence-corrected chi connectivity index (χ1v) is 7.00. The van der Waals surface area contributed by atoms with Gasteiger partial charge in [-0.1, -0.05) is 50.2 Å². The molecule has 1 N–H and O–H groups in total. The Kier molecular flexibility index (Phi) is 2.45. The molecule has 2 aromatic carbocycles. The summed E-state index contributed by atoms with van der Waals surface area (Å²) in [6.45, 7) is 4.34. The summed E-state index contributed by atoms with van der Waals surface area (Å²) >= 11 is 0. The van der Waals surface area contributed by atoms with Crippen LogP contribution in [0, 0.1) is 12.0 Å². The molecule has 2 radical (unpaired) electrons. The van der Waals surface area contributed by atoms with Gasteiger partial charge in [0.25, 0.3) is 0 Å². The van der Waals surface area contributed by atoms with E-state index in [-0.39, 0.29) is 0 Å². The minimum absolute atomic E-state index is 0.469. The van der Waals surface area contributed by atoms with Gasteiger partial charge in [-0.2, -0.15) is 0 Å². The summed E-state index contributed by atoms with van der Waals surface area (Å²) in [6.07, 6.45) is 0.247. The van der Waals surface area contributed by atoms with E-state index in [0.717, 1.165) is 34.5 Å². The Morgan fingerprint density at radius 2 is 1.85 bits per heavy atom. The molecule has 0 bridgehead atoms. The van der Waals surface area contributed by atoms with Gasteiger partial charge in [0.2, 0.25) is 0 Å². The highest BCUT2D eigenvalue weighted by atomic mass is 16.5. The quantitative estimate of drug-likeness (QED) is 0.850. The molecule has 0 fully saturated rings. The molecule has 2 nitrogen and oxygen atoms in total. The van der Waals surface area contributed by atoms with Gasteiger partial charge >= 0.3 is 0 Å². The van der Waals surface area contributed by atoms with Crippen molar-refractivity contribution in [3.8, 4) is 5.75 Å². The predicted octanol–water partition coefficient (Wildman–Crippen LogP) is 3.75. The first-order valence-electron chi connectivity index (χ1n) is 7.00. The van der Waals surface area contributed by atoms with E-state index in [4.69, 9.17) is 4.74 Å². The summed E-state index contributed by atoms with van der Waals surface area (Å²) in [7, 11) is 0. The largest absolute Gasteiger partial charge is 0.476 e. The molecule has 2 aromatic rings. The molecule has 0 amide bonds. The van der Waals surface area contributed by atoms with E-state index in [0.29, 0.717) is 5.92 Å². The first-order chi connectivity index (χ1) is 9.66. The van der Waals surface area contributed by atoms with Crippen LogP contribution in [-0.4, -0.2) is 5.11 Å². The molecule has 0 saturated heterocycles. The lowest BCUT2D eigenvalue weighted by Crippen LogP contribution is -2.08. The van der Waals surface area contributed by atoms with Crippen molar-refractivity contribution < 1.29 is 9.84 Å². The molecular weight excluding hydrogens is 248 g/mol. The van der Waals surface area contributed by atoms with Gasteiger partial charge in [0, 0.05) is 11.1 Å². The lowest BCUT2D eigenvalue weighted by molar-refractivity contribution is 0.200. The van der Waals surface area contributed by atoms with Crippen LogP contribution in [0.2, 0.25) is 0 Å². The molecule has 1 aliphatic heterocycles. The molecule has 0 aromatic heterocycles. The van der Waals surface area contributed by atoms with Crippen LogP contribution in [0.5, 0.6) is 5.75 Å². The second-order valence-electron chi connectivity index (χ2n) is 5.74. The van der Waals surface area contributed by atoms with E-state index < -0.39 is 6.10 Å². The van der Waals surface area contributed by atoms with Gasteiger partial charge in [-0.05, 0) is 23.1 Å². The molecule has 4 rings (SSSR count). The van der Waals surface area contributed by atoms with Crippen LogP contribution in [0.25, 0.3) is 0 Å². The van der Waals surface area contributed by atoms with Crippen LogP contribution in [0.15, 0.2) is 42.5 Å². The molecule has 0 spiro atoms. The van der Waals surface area contributed by atoms with Crippen molar-refractivity contribution in [2.75, 3.05) is 0 Å².